The zero-order valence-corrected chi connectivity index (χ0v) is 6.57. The minimum Gasteiger partial charge on any atom is -0.513 e. The van der Waals surface area contributed by atoms with E-state index < -0.39 is 0 Å². The molecule has 0 fully saturated rings. The molecular formula is C8H16O. The summed E-state index contributed by atoms with van der Waals surface area (Å²) in [7, 11) is 0. The van der Waals surface area contributed by atoms with Gasteiger partial charge in [0.25, 0.3) is 0 Å². The lowest BCUT2D eigenvalue weighted by atomic mass is 10.1. The van der Waals surface area contributed by atoms with Crippen LogP contribution in [0.25, 0.3) is 0 Å². The lowest BCUT2D eigenvalue weighted by molar-refractivity contribution is 0.401. The quantitative estimate of drug-likeness (QED) is 0.579. The number of hydrogen-bond acceptors (Lipinski definition) is 1. The van der Waals surface area contributed by atoms with Gasteiger partial charge in [0.2, 0.25) is 0 Å². The van der Waals surface area contributed by atoms with Crippen LogP contribution < -0.4 is 0 Å². The van der Waals surface area contributed by atoms with Gasteiger partial charge >= 0.3 is 0 Å². The van der Waals surface area contributed by atoms with Gasteiger partial charge in [-0.2, -0.15) is 0 Å². The van der Waals surface area contributed by atoms with Crippen LogP contribution >= 0.6 is 0 Å². The molecule has 1 heteroatoms. The van der Waals surface area contributed by atoms with Crippen LogP contribution in [0.5, 0.6) is 0 Å². The summed E-state index contributed by atoms with van der Waals surface area (Å²) < 4.78 is 0. The van der Waals surface area contributed by atoms with Gasteiger partial charge in [0.15, 0.2) is 0 Å². The normalized spacial score (nSPS) is 13.2. The molecule has 0 amide bonds. The van der Waals surface area contributed by atoms with E-state index in [0.29, 0.717) is 5.76 Å². The average molecular weight is 128 g/mol. The Balaban J connectivity index is 3.83. The summed E-state index contributed by atoms with van der Waals surface area (Å²) in [4.78, 5) is 0. The molecule has 54 valence electrons. The molecule has 0 aliphatic rings. The summed E-state index contributed by atoms with van der Waals surface area (Å²) in [5, 5.41) is 9.02. The maximum atomic E-state index is 9.02. The van der Waals surface area contributed by atoms with Gasteiger partial charge in [0, 0.05) is 0 Å². The Morgan fingerprint density at radius 3 is 2.00 bits per heavy atom. The van der Waals surface area contributed by atoms with Gasteiger partial charge in [0.1, 0.15) is 0 Å². The van der Waals surface area contributed by atoms with Crippen LogP contribution in [-0.4, -0.2) is 5.11 Å². The molecule has 1 nitrogen and oxygen atoms in total. The van der Waals surface area contributed by atoms with Crippen molar-refractivity contribution in [2.45, 2.75) is 40.0 Å². The van der Waals surface area contributed by atoms with Crippen LogP contribution in [0.2, 0.25) is 0 Å². The molecule has 0 radical (unpaired) electrons. The van der Waals surface area contributed by atoms with Crippen LogP contribution in [0, 0.1) is 0 Å². The molecule has 0 spiro atoms. The summed E-state index contributed by atoms with van der Waals surface area (Å²) in [5.74, 6) is 0.513. The lowest BCUT2D eigenvalue weighted by Gasteiger charge is -2.01. The highest BCUT2D eigenvalue weighted by Gasteiger charge is 1.95. The topological polar surface area (TPSA) is 20.2 Å². The Morgan fingerprint density at radius 2 is 1.89 bits per heavy atom. The smallest absolute Gasteiger partial charge is 0.0883 e. The number of allylic oxidation sites excluding steroid dienone is 2. The molecule has 0 saturated heterocycles. The second kappa shape index (κ2) is 4.42. The van der Waals surface area contributed by atoms with Gasteiger partial charge in [0.05, 0.1) is 5.76 Å². The summed E-state index contributed by atoms with van der Waals surface area (Å²) in [5.41, 5.74) is 1.19. The molecule has 0 aromatic carbocycles. The van der Waals surface area contributed by atoms with Crippen LogP contribution in [0.3, 0.4) is 0 Å². The molecular weight excluding hydrogens is 112 g/mol. The number of aliphatic hydroxyl groups excluding tert-OH is 1. The van der Waals surface area contributed by atoms with Crippen molar-refractivity contribution in [1.29, 1.82) is 0 Å². The third kappa shape index (κ3) is 3.17. The van der Waals surface area contributed by atoms with Crippen LogP contribution in [0.1, 0.15) is 40.0 Å². The predicted molar refractivity (Wildman–Crippen MR) is 40.5 cm³/mol. The maximum Gasteiger partial charge on any atom is 0.0883 e. The van der Waals surface area contributed by atoms with Gasteiger partial charge in [-0.3, -0.25) is 0 Å². The van der Waals surface area contributed by atoms with Crippen LogP contribution in [-0.2, 0) is 0 Å². The molecule has 0 aliphatic heterocycles. The van der Waals surface area contributed by atoms with E-state index in [1.165, 1.54) is 5.57 Å². The molecule has 9 heavy (non-hydrogen) atoms. The van der Waals surface area contributed by atoms with E-state index in [1.54, 1.807) is 6.92 Å². The first kappa shape index (κ1) is 8.54. The second-order valence-electron chi connectivity index (χ2n) is 2.29. The SMILES string of the molecule is CCC/C(CC)=C(\C)O. The van der Waals surface area contributed by atoms with E-state index in [-0.39, 0.29) is 0 Å². The van der Waals surface area contributed by atoms with Gasteiger partial charge in [-0.15, -0.1) is 0 Å². The Kier molecular flexibility index (Phi) is 4.20. The van der Waals surface area contributed by atoms with E-state index in [0.717, 1.165) is 19.3 Å². The first-order chi connectivity index (χ1) is 4.22. The molecule has 0 rings (SSSR count). The third-order valence-electron chi connectivity index (χ3n) is 1.49. The van der Waals surface area contributed by atoms with E-state index in [4.69, 9.17) is 5.11 Å². The van der Waals surface area contributed by atoms with Crippen molar-refractivity contribution >= 4 is 0 Å². The Bertz CT molecular complexity index is 99.1. The minimum atomic E-state index is 0.513. The fourth-order valence-electron chi connectivity index (χ4n) is 0.915. The Morgan fingerprint density at radius 1 is 1.33 bits per heavy atom. The van der Waals surface area contributed by atoms with Gasteiger partial charge in [-0.1, -0.05) is 20.3 Å². The van der Waals surface area contributed by atoms with Crippen molar-refractivity contribution in [1.82, 2.24) is 0 Å². The van der Waals surface area contributed by atoms with Crippen molar-refractivity contribution < 1.29 is 5.11 Å². The number of aliphatic hydroxyl groups is 1. The summed E-state index contributed by atoms with van der Waals surface area (Å²) in [6, 6.07) is 0. The second-order valence-corrected chi connectivity index (χ2v) is 2.29. The highest BCUT2D eigenvalue weighted by molar-refractivity contribution is 5.03. The van der Waals surface area contributed by atoms with Crippen molar-refractivity contribution in [3.8, 4) is 0 Å². The average Bonchev–Trinajstić information content (AvgIpc) is 1.82. The lowest BCUT2D eigenvalue weighted by Crippen LogP contribution is -1.85. The summed E-state index contributed by atoms with van der Waals surface area (Å²) in [6.45, 7) is 5.96. The van der Waals surface area contributed by atoms with Crippen molar-refractivity contribution in [3.05, 3.63) is 11.3 Å². The van der Waals surface area contributed by atoms with Crippen molar-refractivity contribution in [2.75, 3.05) is 0 Å². The van der Waals surface area contributed by atoms with Gasteiger partial charge < -0.3 is 5.11 Å². The first-order valence-electron chi connectivity index (χ1n) is 3.59. The largest absolute Gasteiger partial charge is 0.513 e. The van der Waals surface area contributed by atoms with Crippen LogP contribution in [0.4, 0.5) is 0 Å². The molecule has 0 unspecified atom stereocenters. The molecule has 0 bridgehead atoms. The molecule has 0 saturated carbocycles. The highest BCUT2D eigenvalue weighted by Crippen LogP contribution is 2.11. The van der Waals surface area contributed by atoms with Crippen molar-refractivity contribution in [2.24, 2.45) is 0 Å². The zero-order chi connectivity index (χ0) is 7.28. The van der Waals surface area contributed by atoms with Gasteiger partial charge in [-0.25, -0.2) is 0 Å². The monoisotopic (exact) mass is 128 g/mol. The molecule has 0 aromatic rings. The highest BCUT2D eigenvalue weighted by atomic mass is 16.3. The molecule has 1 N–H and O–H groups in total. The summed E-state index contributed by atoms with van der Waals surface area (Å²) >= 11 is 0. The molecule has 0 aliphatic carbocycles. The minimum absolute atomic E-state index is 0.513. The van der Waals surface area contributed by atoms with Gasteiger partial charge in [-0.05, 0) is 25.3 Å². The van der Waals surface area contributed by atoms with E-state index >= 15 is 0 Å². The maximum absolute atomic E-state index is 9.02. The number of rotatable bonds is 3. The molecule has 0 atom stereocenters. The summed E-state index contributed by atoms with van der Waals surface area (Å²) in [6.07, 6.45) is 3.15. The molecule has 0 aromatic heterocycles. The van der Waals surface area contributed by atoms with Crippen LogP contribution in [0.15, 0.2) is 11.3 Å². The zero-order valence-electron chi connectivity index (χ0n) is 6.57. The number of hydrogen-bond donors (Lipinski definition) is 1. The van der Waals surface area contributed by atoms with E-state index in [2.05, 4.69) is 13.8 Å². The standard InChI is InChI=1S/C8H16O/c1-4-6-8(5-2)7(3)9/h9H,4-6H2,1-3H3/b8-7+. The van der Waals surface area contributed by atoms with E-state index in [9.17, 15) is 0 Å². The Hall–Kier alpha value is -0.460. The fraction of sp³-hybridized carbons (Fsp3) is 0.750. The van der Waals surface area contributed by atoms with E-state index in [1.807, 2.05) is 0 Å². The first-order valence-corrected chi connectivity index (χ1v) is 3.59. The third-order valence-corrected chi connectivity index (χ3v) is 1.49. The van der Waals surface area contributed by atoms with Crippen molar-refractivity contribution in [3.63, 3.8) is 0 Å². The fourth-order valence-corrected chi connectivity index (χ4v) is 0.915. The molecule has 0 heterocycles. The predicted octanol–water partition coefficient (Wildman–Crippen LogP) is 3.03. The Labute approximate surface area is 57.4 Å².